The van der Waals surface area contributed by atoms with Gasteiger partial charge in [-0.25, -0.2) is 0 Å². The summed E-state index contributed by atoms with van der Waals surface area (Å²) in [6.07, 6.45) is 0. The van der Waals surface area contributed by atoms with Crippen LogP contribution in [0.5, 0.6) is 0 Å². The van der Waals surface area contributed by atoms with Crippen LogP contribution in [-0.2, 0) is 0 Å². The maximum absolute atomic E-state index is 12.4. The van der Waals surface area contributed by atoms with Crippen molar-refractivity contribution in [2.75, 3.05) is 10.6 Å². The molecule has 0 aliphatic heterocycles. The second kappa shape index (κ2) is 8.14. The number of para-hydroxylation sites is 1. The number of anilines is 2. The van der Waals surface area contributed by atoms with Gasteiger partial charge in [-0.15, -0.1) is 0 Å². The number of hydrogen-bond acceptors (Lipinski definition) is 4. The van der Waals surface area contributed by atoms with E-state index in [1.54, 1.807) is 18.2 Å². The van der Waals surface area contributed by atoms with Gasteiger partial charge in [0.2, 0.25) is 0 Å². The summed E-state index contributed by atoms with van der Waals surface area (Å²) in [5.74, 6) is -0.513. The van der Waals surface area contributed by atoms with Crippen molar-refractivity contribution in [3.8, 4) is 0 Å². The van der Waals surface area contributed by atoms with E-state index in [0.717, 1.165) is 5.69 Å². The van der Waals surface area contributed by atoms with Crippen molar-refractivity contribution >= 4 is 23.0 Å². The number of amides is 1. The Morgan fingerprint density at radius 3 is 2.15 bits per heavy atom. The van der Waals surface area contributed by atoms with E-state index >= 15 is 0 Å². The molecule has 2 N–H and O–H groups in total. The van der Waals surface area contributed by atoms with Gasteiger partial charge in [-0.1, -0.05) is 42.5 Å². The zero-order valence-electron chi connectivity index (χ0n) is 14.8. The molecule has 0 radical (unpaired) electrons. The maximum Gasteiger partial charge on any atom is 0.282 e. The first-order chi connectivity index (χ1) is 13.0. The van der Waals surface area contributed by atoms with Crippen LogP contribution in [0.1, 0.15) is 28.9 Å². The molecule has 1 unspecified atom stereocenters. The molecular formula is C21H19N3O3. The van der Waals surface area contributed by atoms with Crippen molar-refractivity contribution in [1.29, 1.82) is 0 Å². The molecule has 6 heteroatoms. The minimum absolute atomic E-state index is 0.0300. The summed E-state index contributed by atoms with van der Waals surface area (Å²) < 4.78 is 0. The van der Waals surface area contributed by atoms with Gasteiger partial charge in [0.1, 0.15) is 5.56 Å². The molecule has 3 aromatic rings. The Labute approximate surface area is 157 Å². The third kappa shape index (κ3) is 4.49. The maximum atomic E-state index is 12.4. The van der Waals surface area contributed by atoms with E-state index < -0.39 is 10.8 Å². The van der Waals surface area contributed by atoms with E-state index in [4.69, 9.17) is 0 Å². The summed E-state index contributed by atoms with van der Waals surface area (Å²) in [6, 6.07) is 23.3. The fraction of sp³-hybridized carbons (Fsp3) is 0.0952. The number of carbonyl (C=O) groups is 1. The highest BCUT2D eigenvalue weighted by Gasteiger charge is 2.19. The number of nitro groups is 1. The van der Waals surface area contributed by atoms with Gasteiger partial charge in [0.25, 0.3) is 11.6 Å². The van der Waals surface area contributed by atoms with Crippen molar-refractivity contribution in [2.45, 2.75) is 13.0 Å². The molecule has 0 fully saturated rings. The second-order valence-electron chi connectivity index (χ2n) is 6.08. The first-order valence-corrected chi connectivity index (χ1v) is 8.51. The van der Waals surface area contributed by atoms with Crippen LogP contribution >= 0.6 is 0 Å². The number of benzene rings is 3. The first-order valence-electron chi connectivity index (χ1n) is 8.51. The molecule has 0 saturated carbocycles. The molecule has 0 spiro atoms. The summed E-state index contributed by atoms with van der Waals surface area (Å²) in [5, 5.41) is 17.1. The molecule has 27 heavy (non-hydrogen) atoms. The number of rotatable bonds is 6. The number of nitrogens with one attached hydrogen (secondary N) is 2. The lowest BCUT2D eigenvalue weighted by Crippen LogP contribution is -2.14. The van der Waals surface area contributed by atoms with E-state index in [1.165, 1.54) is 23.8 Å². The molecule has 3 rings (SSSR count). The minimum atomic E-state index is -0.563. The van der Waals surface area contributed by atoms with Gasteiger partial charge in [-0.3, -0.25) is 14.9 Å². The molecule has 1 amide bonds. The van der Waals surface area contributed by atoms with E-state index in [9.17, 15) is 14.9 Å². The van der Waals surface area contributed by atoms with E-state index in [0.29, 0.717) is 5.69 Å². The Balaban J connectivity index is 1.67. The molecule has 1 atom stereocenters. The number of hydrogen-bond donors (Lipinski definition) is 2. The Hall–Kier alpha value is -3.67. The Bertz CT molecular complexity index is 940. The topological polar surface area (TPSA) is 84.3 Å². The van der Waals surface area contributed by atoms with Crippen LogP contribution in [0.2, 0.25) is 0 Å². The highest BCUT2D eigenvalue weighted by molar-refractivity contribution is 6.07. The molecule has 0 saturated heterocycles. The fourth-order valence-electron chi connectivity index (χ4n) is 2.75. The van der Waals surface area contributed by atoms with Crippen LogP contribution in [0.4, 0.5) is 17.1 Å². The summed E-state index contributed by atoms with van der Waals surface area (Å²) in [6.45, 7) is 2.07. The molecular weight excluding hydrogens is 342 g/mol. The lowest BCUT2D eigenvalue weighted by Gasteiger charge is -2.16. The van der Waals surface area contributed by atoms with Gasteiger partial charge < -0.3 is 10.6 Å². The molecule has 6 nitrogen and oxygen atoms in total. The van der Waals surface area contributed by atoms with E-state index in [1.807, 2.05) is 30.3 Å². The molecule has 0 aliphatic rings. The molecule has 0 heterocycles. The van der Waals surface area contributed by atoms with Crippen LogP contribution < -0.4 is 10.6 Å². The van der Waals surface area contributed by atoms with Gasteiger partial charge in [-0.05, 0) is 42.8 Å². The van der Waals surface area contributed by atoms with Crippen LogP contribution in [0.15, 0.2) is 78.9 Å². The van der Waals surface area contributed by atoms with Gasteiger partial charge in [-0.2, -0.15) is 0 Å². The third-order valence-corrected chi connectivity index (χ3v) is 4.17. The average Bonchev–Trinajstić information content (AvgIpc) is 2.70. The SMILES string of the molecule is CC(Nc1ccc(NC(=O)c2ccccc2[N+](=O)[O-])cc1)c1ccccc1. The Morgan fingerprint density at radius 1 is 0.889 bits per heavy atom. The normalized spacial score (nSPS) is 11.4. The second-order valence-corrected chi connectivity index (χ2v) is 6.08. The number of nitrogens with zero attached hydrogens (tertiary/aromatic N) is 1. The standard InChI is InChI=1S/C21H19N3O3/c1-15(16-7-3-2-4-8-16)22-17-11-13-18(14-12-17)23-21(25)19-9-5-6-10-20(19)24(26)27/h2-15,22H,1H3,(H,23,25). The highest BCUT2D eigenvalue weighted by Crippen LogP contribution is 2.22. The highest BCUT2D eigenvalue weighted by atomic mass is 16.6. The van der Waals surface area contributed by atoms with Crippen molar-refractivity contribution in [3.05, 3.63) is 100 Å². The third-order valence-electron chi connectivity index (χ3n) is 4.17. The Kier molecular flexibility index (Phi) is 5.47. The summed E-state index contributed by atoms with van der Waals surface area (Å²) in [5.41, 5.74) is 2.46. The fourth-order valence-corrected chi connectivity index (χ4v) is 2.75. The molecule has 3 aromatic carbocycles. The van der Waals surface area contributed by atoms with Crippen LogP contribution in [0.25, 0.3) is 0 Å². The van der Waals surface area contributed by atoms with Crippen LogP contribution in [0.3, 0.4) is 0 Å². The lowest BCUT2D eigenvalue weighted by molar-refractivity contribution is -0.385. The zero-order valence-corrected chi connectivity index (χ0v) is 14.8. The summed E-state index contributed by atoms with van der Waals surface area (Å²) in [7, 11) is 0. The van der Waals surface area contributed by atoms with Crippen LogP contribution in [0, 0.1) is 10.1 Å². The largest absolute Gasteiger partial charge is 0.379 e. The predicted octanol–water partition coefficient (Wildman–Crippen LogP) is 5.02. The lowest BCUT2D eigenvalue weighted by atomic mass is 10.1. The molecule has 0 aromatic heterocycles. The van der Waals surface area contributed by atoms with E-state index in [2.05, 4.69) is 29.7 Å². The van der Waals surface area contributed by atoms with Crippen molar-refractivity contribution in [1.82, 2.24) is 0 Å². The number of nitro benzene ring substituents is 1. The molecule has 0 aliphatic carbocycles. The molecule has 0 bridgehead atoms. The Morgan fingerprint density at radius 2 is 1.48 bits per heavy atom. The predicted molar refractivity (Wildman–Crippen MR) is 106 cm³/mol. The van der Waals surface area contributed by atoms with Crippen LogP contribution in [-0.4, -0.2) is 10.8 Å². The van der Waals surface area contributed by atoms with Crippen molar-refractivity contribution < 1.29 is 9.72 Å². The minimum Gasteiger partial charge on any atom is -0.379 e. The quantitative estimate of drug-likeness (QED) is 0.477. The van der Waals surface area contributed by atoms with Gasteiger partial charge in [0, 0.05) is 23.5 Å². The first kappa shape index (κ1) is 18.1. The van der Waals surface area contributed by atoms with Gasteiger partial charge in [0.15, 0.2) is 0 Å². The smallest absolute Gasteiger partial charge is 0.282 e. The number of carbonyl (C=O) groups excluding carboxylic acids is 1. The average molecular weight is 361 g/mol. The zero-order chi connectivity index (χ0) is 19.2. The van der Waals surface area contributed by atoms with Crippen molar-refractivity contribution in [3.63, 3.8) is 0 Å². The van der Waals surface area contributed by atoms with Gasteiger partial charge in [0.05, 0.1) is 4.92 Å². The van der Waals surface area contributed by atoms with Gasteiger partial charge >= 0.3 is 0 Å². The monoisotopic (exact) mass is 361 g/mol. The van der Waals surface area contributed by atoms with Crippen molar-refractivity contribution in [2.24, 2.45) is 0 Å². The summed E-state index contributed by atoms with van der Waals surface area (Å²) in [4.78, 5) is 22.9. The van der Waals surface area contributed by atoms with E-state index in [-0.39, 0.29) is 17.3 Å². The molecule has 136 valence electrons. The summed E-state index contributed by atoms with van der Waals surface area (Å²) >= 11 is 0.